The van der Waals surface area contributed by atoms with Gasteiger partial charge in [-0.1, -0.05) is 37.4 Å². The van der Waals surface area contributed by atoms with E-state index in [4.69, 9.17) is 34.2 Å². The molecular formula is C35H43N7O7S. The predicted octanol–water partition coefficient (Wildman–Crippen LogP) is 2.51. The largest absolute Gasteiger partial charge is 0.508 e. The molecule has 0 saturated carbocycles. The number of nitrogens with zero attached hydrogens (tertiary/aromatic N) is 2. The number of carbonyl (C=O) groups excluding carboxylic acids is 3. The molecule has 0 radical (unpaired) electrons. The van der Waals surface area contributed by atoms with Gasteiger partial charge < -0.3 is 47.7 Å². The number of allylic oxidation sites excluding steroid dienone is 3. The SMILES string of the molecule is CCCN(CCCC(=S)Nc1ccc(C2c3ccc(O)cc3OC3=CC(=O)C=CC32)c(C(=O)O)c1)C(=O)CNC(=O)C(N)CCCN=C(N)N. The Morgan fingerprint density at radius 3 is 2.58 bits per heavy atom. The fraction of sp³-hybridized carbons (Fsp3) is 0.371. The summed E-state index contributed by atoms with van der Waals surface area (Å²) in [7, 11) is 0. The van der Waals surface area contributed by atoms with Crippen LogP contribution < -0.4 is 32.6 Å². The lowest BCUT2D eigenvalue weighted by Crippen LogP contribution is -2.46. The van der Waals surface area contributed by atoms with E-state index in [9.17, 15) is 29.4 Å². The molecule has 3 unspecified atom stereocenters. The van der Waals surface area contributed by atoms with Crippen molar-refractivity contribution in [1.82, 2.24) is 10.2 Å². The van der Waals surface area contributed by atoms with Crippen LogP contribution >= 0.6 is 12.2 Å². The van der Waals surface area contributed by atoms with Gasteiger partial charge in [0, 0.05) is 54.9 Å². The van der Waals surface area contributed by atoms with Crippen molar-refractivity contribution in [2.45, 2.75) is 51.0 Å². The molecule has 15 heteroatoms. The molecule has 0 saturated heterocycles. The number of nitrogens with one attached hydrogen (secondary N) is 2. The predicted molar refractivity (Wildman–Crippen MR) is 193 cm³/mol. The first-order chi connectivity index (χ1) is 23.9. The van der Waals surface area contributed by atoms with Gasteiger partial charge in [0.15, 0.2) is 11.7 Å². The van der Waals surface area contributed by atoms with E-state index in [1.807, 2.05) is 6.92 Å². The van der Waals surface area contributed by atoms with Gasteiger partial charge in [0.05, 0.1) is 23.1 Å². The number of phenolic OH excluding ortho intramolecular Hbond substituents is 1. The second kappa shape index (κ2) is 17.4. The molecule has 1 heterocycles. The zero-order valence-corrected chi connectivity index (χ0v) is 28.6. The van der Waals surface area contributed by atoms with E-state index in [0.717, 1.165) is 6.42 Å². The number of nitrogens with two attached hydrogens (primary N) is 3. The van der Waals surface area contributed by atoms with Crippen molar-refractivity contribution in [3.8, 4) is 11.5 Å². The van der Waals surface area contributed by atoms with Crippen LogP contribution in [-0.2, 0) is 14.4 Å². The Kier molecular flexibility index (Phi) is 13.1. The lowest BCUT2D eigenvalue weighted by atomic mass is 9.74. The summed E-state index contributed by atoms with van der Waals surface area (Å²) in [6.07, 6.45) is 7.09. The number of amides is 2. The summed E-state index contributed by atoms with van der Waals surface area (Å²) in [5.41, 5.74) is 18.2. The topological polar surface area (TPSA) is 236 Å². The minimum absolute atomic E-state index is 0.0205. The summed E-state index contributed by atoms with van der Waals surface area (Å²) in [5, 5.41) is 26.0. The van der Waals surface area contributed by atoms with Gasteiger partial charge in [-0.05, 0) is 61.9 Å². The van der Waals surface area contributed by atoms with Crippen molar-refractivity contribution in [2.75, 3.05) is 31.5 Å². The average molecular weight is 706 g/mol. The van der Waals surface area contributed by atoms with Gasteiger partial charge in [0.2, 0.25) is 11.8 Å². The molecule has 2 aromatic rings. The van der Waals surface area contributed by atoms with Gasteiger partial charge in [0.25, 0.3) is 0 Å². The number of aromatic carboxylic acids is 1. The van der Waals surface area contributed by atoms with Crippen LogP contribution in [0, 0.1) is 5.92 Å². The van der Waals surface area contributed by atoms with Crippen molar-refractivity contribution in [2.24, 2.45) is 28.1 Å². The highest BCUT2D eigenvalue weighted by Gasteiger charge is 2.38. The number of aromatic hydroxyl groups is 1. The van der Waals surface area contributed by atoms with Gasteiger partial charge in [0.1, 0.15) is 17.3 Å². The molecule has 50 heavy (non-hydrogen) atoms. The van der Waals surface area contributed by atoms with Crippen molar-refractivity contribution in [3.63, 3.8) is 0 Å². The summed E-state index contributed by atoms with van der Waals surface area (Å²) in [4.78, 5) is 55.9. The van der Waals surface area contributed by atoms with Crippen molar-refractivity contribution in [1.29, 1.82) is 0 Å². The Hall–Kier alpha value is -5.28. The molecule has 1 aliphatic carbocycles. The summed E-state index contributed by atoms with van der Waals surface area (Å²) in [6.45, 7) is 3.02. The lowest BCUT2D eigenvalue weighted by Gasteiger charge is -2.35. The Labute approximate surface area is 295 Å². The van der Waals surface area contributed by atoms with E-state index < -0.39 is 29.8 Å². The Morgan fingerprint density at radius 1 is 1.10 bits per heavy atom. The number of carboxylic acid groups (broad SMARTS) is 1. The standard InChI is InChI=1S/C35H43N7O7S/c1-2-14-42(31(45)19-40-33(46)27(36)5-3-13-39-35(37)38)15-4-6-30(50)41-20-7-10-23(26(16-20)34(47)48)32-24-11-8-21(43)17-28(24)49-29-18-22(44)9-12-25(29)32/h7-12,16-18,24,27,32,44H,2-6,13-15,19,36H2,1H3,(H,40,46)(H,41,50)(H,47,48)(H4,37,38,39). The van der Waals surface area contributed by atoms with E-state index in [0.29, 0.717) is 78.6 Å². The van der Waals surface area contributed by atoms with Crippen LogP contribution in [0.2, 0.25) is 0 Å². The summed E-state index contributed by atoms with van der Waals surface area (Å²) < 4.78 is 5.95. The van der Waals surface area contributed by atoms with Gasteiger partial charge in [-0.15, -0.1) is 0 Å². The Balaban J connectivity index is 1.36. The van der Waals surface area contributed by atoms with E-state index in [-0.39, 0.29) is 35.5 Å². The number of rotatable bonds is 16. The minimum Gasteiger partial charge on any atom is -0.508 e. The zero-order valence-electron chi connectivity index (χ0n) is 27.8. The van der Waals surface area contributed by atoms with E-state index in [1.54, 1.807) is 29.2 Å². The molecule has 266 valence electrons. The maximum absolute atomic E-state index is 12.9. The van der Waals surface area contributed by atoms with E-state index >= 15 is 0 Å². The summed E-state index contributed by atoms with van der Waals surface area (Å²) in [5.74, 6) is -2.32. The number of hydrogen-bond acceptors (Lipinski definition) is 9. The van der Waals surface area contributed by atoms with E-state index in [2.05, 4.69) is 15.6 Å². The molecule has 4 rings (SSSR count). The molecule has 1 aliphatic heterocycles. The highest BCUT2D eigenvalue weighted by molar-refractivity contribution is 7.80. The van der Waals surface area contributed by atoms with Crippen LogP contribution in [0.5, 0.6) is 11.5 Å². The maximum Gasteiger partial charge on any atom is 0.336 e. The van der Waals surface area contributed by atoms with Crippen LogP contribution in [0.25, 0.3) is 0 Å². The quantitative estimate of drug-likeness (QED) is 0.0578. The second-order valence-corrected chi connectivity index (χ2v) is 12.5. The normalized spacial score (nSPS) is 16.5. The molecule has 0 bridgehead atoms. The van der Waals surface area contributed by atoms with Crippen LogP contribution in [0.1, 0.15) is 66.4 Å². The van der Waals surface area contributed by atoms with Crippen LogP contribution in [0.3, 0.4) is 0 Å². The molecule has 2 aliphatic rings. The first kappa shape index (κ1) is 37.5. The first-order valence-electron chi connectivity index (χ1n) is 16.4. The highest BCUT2D eigenvalue weighted by atomic mass is 32.1. The average Bonchev–Trinajstić information content (AvgIpc) is 3.07. The summed E-state index contributed by atoms with van der Waals surface area (Å²) in [6, 6.07) is 8.83. The second-order valence-electron chi connectivity index (χ2n) is 12.0. The number of thiocarbonyl (C=S) groups is 1. The van der Waals surface area contributed by atoms with Gasteiger partial charge >= 0.3 is 5.97 Å². The number of phenols is 1. The molecule has 2 aromatic carbocycles. The number of guanidine groups is 1. The van der Waals surface area contributed by atoms with Crippen molar-refractivity contribution in [3.05, 3.63) is 77.1 Å². The maximum atomic E-state index is 12.9. The monoisotopic (exact) mass is 705 g/mol. The third kappa shape index (κ3) is 9.89. The molecule has 10 N–H and O–H groups in total. The molecule has 3 atom stereocenters. The van der Waals surface area contributed by atoms with Crippen LogP contribution in [0.4, 0.5) is 5.69 Å². The molecule has 0 fully saturated rings. The molecule has 14 nitrogen and oxygen atoms in total. The van der Waals surface area contributed by atoms with Crippen LogP contribution in [-0.4, -0.2) is 81.8 Å². The molecule has 2 amide bonds. The molecular weight excluding hydrogens is 662 g/mol. The number of ketones is 1. The fourth-order valence-corrected chi connectivity index (χ4v) is 6.19. The molecule has 0 spiro atoms. The molecule has 0 aromatic heterocycles. The van der Waals surface area contributed by atoms with Gasteiger partial charge in [-0.3, -0.25) is 19.4 Å². The Bertz CT molecular complexity index is 1720. The third-order valence-corrected chi connectivity index (χ3v) is 8.61. The Morgan fingerprint density at radius 2 is 1.86 bits per heavy atom. The number of aliphatic imine (C=N–C) groups is 1. The number of carbonyl (C=O) groups is 4. The highest BCUT2D eigenvalue weighted by Crippen LogP contribution is 2.49. The smallest absolute Gasteiger partial charge is 0.336 e. The van der Waals surface area contributed by atoms with Crippen molar-refractivity contribution >= 4 is 52.4 Å². The summed E-state index contributed by atoms with van der Waals surface area (Å²) >= 11 is 5.57. The number of benzene rings is 2. The van der Waals surface area contributed by atoms with Crippen molar-refractivity contribution < 1.29 is 34.1 Å². The minimum atomic E-state index is -1.14. The number of carboxylic acids is 1. The van der Waals surface area contributed by atoms with Gasteiger partial charge in [-0.2, -0.15) is 0 Å². The van der Waals surface area contributed by atoms with Gasteiger partial charge in [-0.25, -0.2) is 4.79 Å². The van der Waals surface area contributed by atoms with E-state index in [1.165, 1.54) is 30.4 Å². The number of ether oxygens (including phenoxy) is 1. The van der Waals surface area contributed by atoms with Crippen LogP contribution in [0.15, 0.2) is 65.4 Å². The zero-order chi connectivity index (χ0) is 36.4. The third-order valence-electron chi connectivity index (χ3n) is 8.30. The number of fused-ring (bicyclic) bond motifs is 2. The number of anilines is 1. The first-order valence-corrected chi connectivity index (χ1v) is 16.8. The lowest BCUT2D eigenvalue weighted by molar-refractivity contribution is -0.133. The number of hydrogen-bond donors (Lipinski definition) is 7. The fourth-order valence-electron chi connectivity index (χ4n) is 5.93.